The molecule has 1 aliphatic rings. The molecule has 0 aromatic carbocycles. The zero-order chi connectivity index (χ0) is 12.5. The Morgan fingerprint density at radius 3 is 2.88 bits per heavy atom. The van der Waals surface area contributed by atoms with Crippen LogP contribution < -0.4 is 0 Å². The number of carbonyl (C=O) groups excluding carboxylic acids is 1. The third-order valence-electron chi connectivity index (χ3n) is 2.33. The number of rotatable bonds is 3. The molecule has 1 fully saturated rings. The van der Waals surface area contributed by atoms with E-state index >= 15 is 0 Å². The third kappa shape index (κ3) is 2.99. The monoisotopic (exact) mass is 266 g/mol. The van der Waals surface area contributed by atoms with E-state index in [1.807, 2.05) is 0 Å². The van der Waals surface area contributed by atoms with Crippen LogP contribution in [0, 0.1) is 0 Å². The molecular weight excluding hydrogens is 257 g/mol. The smallest absolute Gasteiger partial charge is 0.339 e. The number of alkyl halides is 3. The summed E-state index contributed by atoms with van der Waals surface area (Å²) in [7, 11) is 0. The summed E-state index contributed by atoms with van der Waals surface area (Å²) in [5.41, 5.74) is 0. The highest BCUT2D eigenvalue weighted by molar-refractivity contribution is 7.99. The lowest BCUT2D eigenvalue weighted by molar-refractivity contribution is -0.170. The Morgan fingerprint density at radius 1 is 1.53 bits per heavy atom. The molecule has 0 bridgehead atoms. The van der Waals surface area contributed by atoms with E-state index in [2.05, 4.69) is 14.7 Å². The number of hydrogen-bond donors (Lipinski definition) is 0. The van der Waals surface area contributed by atoms with Gasteiger partial charge in [0.2, 0.25) is 11.7 Å². The van der Waals surface area contributed by atoms with Crippen molar-refractivity contribution in [3.8, 4) is 0 Å². The van der Waals surface area contributed by atoms with Crippen molar-refractivity contribution in [2.24, 2.45) is 0 Å². The van der Waals surface area contributed by atoms with Crippen LogP contribution >= 0.6 is 11.8 Å². The van der Waals surface area contributed by atoms with Crippen LogP contribution in [0.3, 0.4) is 0 Å². The first-order chi connectivity index (χ1) is 7.97. The zero-order valence-electron chi connectivity index (χ0n) is 8.66. The topological polar surface area (TPSA) is 56.0 Å². The molecule has 8 heteroatoms. The predicted molar refractivity (Wildman–Crippen MR) is 53.5 cm³/mol. The van der Waals surface area contributed by atoms with E-state index in [-0.39, 0.29) is 11.1 Å². The Bertz CT molecular complexity index is 413. The van der Waals surface area contributed by atoms with E-state index in [0.717, 1.165) is 18.6 Å². The molecule has 0 aliphatic carbocycles. The highest BCUT2D eigenvalue weighted by atomic mass is 32.2. The van der Waals surface area contributed by atoms with Gasteiger partial charge < -0.3 is 4.52 Å². The van der Waals surface area contributed by atoms with Crippen LogP contribution in [0.25, 0.3) is 0 Å². The molecule has 94 valence electrons. The van der Waals surface area contributed by atoms with Gasteiger partial charge in [-0.3, -0.25) is 4.79 Å². The van der Waals surface area contributed by atoms with Gasteiger partial charge in [0.15, 0.2) is 5.82 Å². The average molecular weight is 266 g/mol. The molecule has 1 unspecified atom stereocenters. The van der Waals surface area contributed by atoms with Gasteiger partial charge in [-0.25, -0.2) is 0 Å². The lowest BCUT2D eigenvalue weighted by atomic mass is 10.2. The molecular formula is C9H9F3N2O2S. The lowest BCUT2D eigenvalue weighted by Gasteiger charge is -2.01. The van der Waals surface area contributed by atoms with Crippen LogP contribution in [-0.2, 0) is 11.2 Å². The Balaban J connectivity index is 2.01. The molecule has 2 rings (SSSR count). The van der Waals surface area contributed by atoms with Gasteiger partial charge in [0.25, 0.3) is 0 Å². The van der Waals surface area contributed by atoms with Crippen LogP contribution in [0.15, 0.2) is 4.52 Å². The first kappa shape index (κ1) is 12.4. The first-order valence-corrected chi connectivity index (χ1v) is 6.06. The van der Waals surface area contributed by atoms with Crippen LogP contribution in [0.4, 0.5) is 13.2 Å². The van der Waals surface area contributed by atoms with Crippen LogP contribution in [0.5, 0.6) is 0 Å². The minimum Gasteiger partial charge on any atom is -0.339 e. The molecule has 1 saturated heterocycles. The largest absolute Gasteiger partial charge is 0.450 e. The summed E-state index contributed by atoms with van der Waals surface area (Å²) >= 11 is 1.64. The Hall–Kier alpha value is -1.05. The Morgan fingerprint density at radius 2 is 2.29 bits per heavy atom. The number of hydrogen-bond acceptors (Lipinski definition) is 5. The van der Waals surface area contributed by atoms with Crippen molar-refractivity contribution in [3.05, 3.63) is 11.7 Å². The molecule has 0 amide bonds. The number of halogens is 3. The Labute approximate surface area is 98.9 Å². The molecule has 17 heavy (non-hydrogen) atoms. The van der Waals surface area contributed by atoms with Crippen molar-refractivity contribution in [3.63, 3.8) is 0 Å². The second kappa shape index (κ2) is 4.67. The van der Waals surface area contributed by atoms with Gasteiger partial charge in [-0.1, -0.05) is 5.16 Å². The van der Waals surface area contributed by atoms with Crippen molar-refractivity contribution >= 4 is 17.5 Å². The number of thioether (sulfide) groups is 1. The molecule has 1 aromatic heterocycles. The van der Waals surface area contributed by atoms with Gasteiger partial charge in [0.1, 0.15) is 0 Å². The number of ketones is 1. The fourth-order valence-electron chi connectivity index (χ4n) is 1.49. The van der Waals surface area contributed by atoms with Crippen molar-refractivity contribution in [1.82, 2.24) is 10.1 Å². The van der Waals surface area contributed by atoms with Crippen molar-refractivity contribution in [1.29, 1.82) is 0 Å². The van der Waals surface area contributed by atoms with Gasteiger partial charge in [0, 0.05) is 0 Å². The summed E-state index contributed by atoms with van der Waals surface area (Å²) in [4.78, 5) is 14.5. The zero-order valence-corrected chi connectivity index (χ0v) is 9.48. The van der Waals surface area contributed by atoms with Crippen LogP contribution in [0.1, 0.15) is 29.8 Å². The summed E-state index contributed by atoms with van der Waals surface area (Å²) in [6.45, 7) is 0. The molecule has 1 aromatic rings. The quantitative estimate of drug-likeness (QED) is 0.840. The van der Waals surface area contributed by atoms with Gasteiger partial charge in [-0.15, -0.1) is 0 Å². The van der Waals surface area contributed by atoms with Crippen molar-refractivity contribution < 1.29 is 22.5 Å². The molecule has 4 nitrogen and oxygen atoms in total. The predicted octanol–water partition coefficient (Wildman–Crippen LogP) is 2.31. The molecule has 1 atom stereocenters. The SMILES string of the molecule is O=C(Cc1nc(C2CCCS2)no1)C(F)(F)F. The van der Waals surface area contributed by atoms with Crippen LogP contribution in [0.2, 0.25) is 0 Å². The maximum absolute atomic E-state index is 12.0. The van der Waals surface area contributed by atoms with Gasteiger partial charge in [-0.05, 0) is 18.6 Å². The van der Waals surface area contributed by atoms with Crippen molar-refractivity contribution in [2.75, 3.05) is 5.75 Å². The maximum Gasteiger partial charge on any atom is 0.450 e. The number of nitrogens with zero attached hydrogens (tertiary/aromatic N) is 2. The number of carbonyl (C=O) groups is 1. The minimum atomic E-state index is -4.85. The number of aromatic nitrogens is 2. The second-order valence-corrected chi connectivity index (χ2v) is 4.96. The molecule has 0 N–H and O–H groups in total. The summed E-state index contributed by atoms with van der Waals surface area (Å²) in [5, 5.41) is 3.68. The summed E-state index contributed by atoms with van der Waals surface area (Å²) in [6.07, 6.45) is -3.82. The molecule has 1 aliphatic heterocycles. The van der Waals surface area contributed by atoms with Crippen LogP contribution in [-0.4, -0.2) is 27.9 Å². The summed E-state index contributed by atoms with van der Waals surface area (Å²) in [6, 6.07) is 0. The second-order valence-electron chi connectivity index (χ2n) is 3.65. The highest BCUT2D eigenvalue weighted by Gasteiger charge is 2.39. The fourth-order valence-corrected chi connectivity index (χ4v) is 2.69. The van der Waals surface area contributed by atoms with Gasteiger partial charge >= 0.3 is 6.18 Å². The standard InChI is InChI=1S/C9H9F3N2O2S/c10-9(11,12)6(15)4-7-13-8(14-16-7)5-2-1-3-17-5/h5H,1-4H2. The van der Waals surface area contributed by atoms with E-state index in [0.29, 0.717) is 5.82 Å². The summed E-state index contributed by atoms with van der Waals surface area (Å²) < 4.78 is 40.6. The van der Waals surface area contributed by atoms with Gasteiger partial charge in [0.05, 0.1) is 11.7 Å². The summed E-state index contributed by atoms with van der Waals surface area (Å²) in [5.74, 6) is -0.769. The Kier molecular flexibility index (Phi) is 3.41. The van der Waals surface area contributed by atoms with E-state index in [9.17, 15) is 18.0 Å². The van der Waals surface area contributed by atoms with E-state index in [1.54, 1.807) is 11.8 Å². The van der Waals surface area contributed by atoms with E-state index < -0.39 is 18.4 Å². The maximum atomic E-state index is 12.0. The lowest BCUT2D eigenvalue weighted by Crippen LogP contribution is -2.24. The molecule has 0 radical (unpaired) electrons. The molecule has 0 saturated carbocycles. The normalized spacial score (nSPS) is 20.8. The minimum absolute atomic E-state index is 0.0773. The third-order valence-corrected chi connectivity index (χ3v) is 3.70. The van der Waals surface area contributed by atoms with E-state index in [1.165, 1.54) is 0 Å². The first-order valence-electron chi connectivity index (χ1n) is 5.01. The van der Waals surface area contributed by atoms with Crippen molar-refractivity contribution in [2.45, 2.75) is 30.7 Å². The van der Waals surface area contributed by atoms with Gasteiger partial charge in [-0.2, -0.15) is 29.9 Å². The molecule has 0 spiro atoms. The fraction of sp³-hybridized carbons (Fsp3) is 0.667. The highest BCUT2D eigenvalue weighted by Crippen LogP contribution is 2.38. The van der Waals surface area contributed by atoms with E-state index in [4.69, 9.17) is 0 Å². The number of Topliss-reactive ketones (excluding diaryl/α,β-unsaturated/α-hetero) is 1. The average Bonchev–Trinajstić information content (AvgIpc) is 2.83. The molecule has 2 heterocycles.